The summed E-state index contributed by atoms with van der Waals surface area (Å²) in [6.07, 6.45) is 0. The van der Waals surface area contributed by atoms with Gasteiger partial charge in [0, 0.05) is 0 Å². The molecule has 0 saturated heterocycles. The van der Waals surface area contributed by atoms with E-state index in [0.717, 1.165) is 16.6 Å². The first-order valence-electron chi connectivity index (χ1n) is 5.38. The van der Waals surface area contributed by atoms with Crippen LogP contribution in [-0.2, 0) is 10.7 Å². The van der Waals surface area contributed by atoms with Gasteiger partial charge in [0.25, 0.3) is 0 Å². The number of halogens is 1. The van der Waals surface area contributed by atoms with Crippen LogP contribution in [0.25, 0.3) is 11.0 Å². The molecule has 2 N–H and O–H groups in total. The molecular formula is C12H14ClN3O. The SMILES string of the molecule is Cc1cccc2c1nc(CCl)n2C(C)C(N)=O. The predicted molar refractivity (Wildman–Crippen MR) is 67.9 cm³/mol. The molecule has 2 aromatic rings. The highest BCUT2D eigenvalue weighted by Crippen LogP contribution is 2.24. The average molecular weight is 252 g/mol. The fraction of sp³-hybridized carbons (Fsp3) is 0.333. The van der Waals surface area contributed by atoms with Gasteiger partial charge in [0.05, 0.1) is 16.9 Å². The number of carbonyl (C=O) groups is 1. The van der Waals surface area contributed by atoms with E-state index in [0.29, 0.717) is 5.82 Å². The largest absolute Gasteiger partial charge is 0.368 e. The normalized spacial score (nSPS) is 12.9. The number of fused-ring (bicyclic) bond motifs is 1. The van der Waals surface area contributed by atoms with Crippen LogP contribution in [0.3, 0.4) is 0 Å². The van der Waals surface area contributed by atoms with Gasteiger partial charge in [-0.2, -0.15) is 0 Å². The predicted octanol–water partition coefficient (Wildman–Crippen LogP) is 2.13. The summed E-state index contributed by atoms with van der Waals surface area (Å²) < 4.78 is 1.80. The first-order valence-corrected chi connectivity index (χ1v) is 5.91. The van der Waals surface area contributed by atoms with E-state index in [1.807, 2.05) is 25.1 Å². The number of amides is 1. The minimum absolute atomic E-state index is 0.256. The maximum Gasteiger partial charge on any atom is 0.240 e. The number of nitrogens with two attached hydrogens (primary N) is 1. The molecule has 0 spiro atoms. The molecule has 0 aliphatic carbocycles. The number of rotatable bonds is 3. The fourth-order valence-electron chi connectivity index (χ4n) is 1.96. The first kappa shape index (κ1) is 11.9. The zero-order valence-corrected chi connectivity index (χ0v) is 10.5. The van der Waals surface area contributed by atoms with Gasteiger partial charge in [-0.15, -0.1) is 11.6 Å². The molecule has 4 nitrogen and oxygen atoms in total. The van der Waals surface area contributed by atoms with Crippen LogP contribution in [0, 0.1) is 6.92 Å². The van der Waals surface area contributed by atoms with Crippen LogP contribution < -0.4 is 5.73 Å². The highest BCUT2D eigenvalue weighted by atomic mass is 35.5. The van der Waals surface area contributed by atoms with Crippen LogP contribution >= 0.6 is 11.6 Å². The number of imidazole rings is 1. The van der Waals surface area contributed by atoms with Gasteiger partial charge in [-0.25, -0.2) is 4.98 Å². The lowest BCUT2D eigenvalue weighted by Gasteiger charge is -2.13. The lowest BCUT2D eigenvalue weighted by molar-refractivity contribution is -0.120. The summed E-state index contributed by atoms with van der Waals surface area (Å²) >= 11 is 5.87. The average Bonchev–Trinajstić information content (AvgIpc) is 2.67. The molecule has 17 heavy (non-hydrogen) atoms. The Labute approximate surface area is 104 Å². The van der Waals surface area contributed by atoms with Gasteiger partial charge < -0.3 is 10.3 Å². The number of hydrogen-bond donors (Lipinski definition) is 1. The van der Waals surface area contributed by atoms with E-state index >= 15 is 0 Å². The van der Waals surface area contributed by atoms with Gasteiger partial charge in [-0.1, -0.05) is 12.1 Å². The third-order valence-corrected chi connectivity index (χ3v) is 3.15. The second-order valence-electron chi connectivity index (χ2n) is 4.05. The Morgan fingerprint density at radius 3 is 2.88 bits per heavy atom. The molecule has 90 valence electrons. The van der Waals surface area contributed by atoms with E-state index in [4.69, 9.17) is 17.3 Å². The number of benzene rings is 1. The molecule has 0 saturated carbocycles. The second-order valence-corrected chi connectivity index (χ2v) is 4.32. The van der Waals surface area contributed by atoms with E-state index in [2.05, 4.69) is 4.98 Å². The Kier molecular flexibility index (Phi) is 3.07. The Balaban J connectivity index is 2.75. The minimum atomic E-state index is -0.449. The minimum Gasteiger partial charge on any atom is -0.368 e. The van der Waals surface area contributed by atoms with Crippen molar-refractivity contribution in [1.29, 1.82) is 0 Å². The third kappa shape index (κ3) is 1.89. The lowest BCUT2D eigenvalue weighted by atomic mass is 10.2. The summed E-state index contributed by atoms with van der Waals surface area (Å²) in [6.45, 7) is 3.73. The van der Waals surface area contributed by atoms with Crippen molar-refractivity contribution < 1.29 is 4.79 Å². The number of primary amides is 1. The van der Waals surface area contributed by atoms with Crippen molar-refractivity contribution in [2.45, 2.75) is 25.8 Å². The zero-order valence-electron chi connectivity index (χ0n) is 9.77. The maximum absolute atomic E-state index is 11.3. The van der Waals surface area contributed by atoms with Crippen molar-refractivity contribution in [2.75, 3.05) is 0 Å². The highest BCUT2D eigenvalue weighted by Gasteiger charge is 2.19. The summed E-state index contributed by atoms with van der Waals surface area (Å²) in [5.41, 5.74) is 8.18. The van der Waals surface area contributed by atoms with Crippen molar-refractivity contribution in [3.05, 3.63) is 29.6 Å². The third-order valence-electron chi connectivity index (χ3n) is 2.91. The van der Waals surface area contributed by atoms with Crippen molar-refractivity contribution in [2.24, 2.45) is 5.73 Å². The van der Waals surface area contributed by atoms with Crippen LogP contribution in [0.4, 0.5) is 0 Å². The molecule has 0 bridgehead atoms. The van der Waals surface area contributed by atoms with E-state index in [-0.39, 0.29) is 5.88 Å². The van der Waals surface area contributed by atoms with Crippen molar-refractivity contribution >= 4 is 28.5 Å². The van der Waals surface area contributed by atoms with E-state index in [9.17, 15) is 4.79 Å². The Morgan fingerprint density at radius 1 is 1.59 bits per heavy atom. The molecule has 1 unspecified atom stereocenters. The Hall–Kier alpha value is -1.55. The van der Waals surface area contributed by atoms with Gasteiger partial charge in [0.1, 0.15) is 11.9 Å². The topological polar surface area (TPSA) is 60.9 Å². The molecule has 0 aliphatic heterocycles. The number of nitrogens with zero attached hydrogens (tertiary/aromatic N) is 2. The van der Waals surface area contributed by atoms with Crippen molar-refractivity contribution in [1.82, 2.24) is 9.55 Å². The van der Waals surface area contributed by atoms with Gasteiger partial charge in [-0.05, 0) is 25.5 Å². The fourth-order valence-corrected chi connectivity index (χ4v) is 2.15. The molecule has 1 atom stereocenters. The van der Waals surface area contributed by atoms with Gasteiger partial charge in [0.2, 0.25) is 5.91 Å². The van der Waals surface area contributed by atoms with E-state index < -0.39 is 11.9 Å². The number of aromatic nitrogens is 2. The molecule has 0 aliphatic rings. The summed E-state index contributed by atoms with van der Waals surface area (Å²) in [5, 5.41) is 0. The number of para-hydroxylation sites is 1. The van der Waals surface area contributed by atoms with Crippen LogP contribution in [0.15, 0.2) is 18.2 Å². The molecule has 1 aromatic heterocycles. The quantitative estimate of drug-likeness (QED) is 0.850. The Bertz CT molecular complexity index is 576. The van der Waals surface area contributed by atoms with Gasteiger partial charge in [0.15, 0.2) is 0 Å². The first-order chi connectivity index (χ1) is 8.06. The molecule has 1 amide bonds. The van der Waals surface area contributed by atoms with E-state index in [1.165, 1.54) is 0 Å². The molecule has 0 radical (unpaired) electrons. The molecule has 1 aromatic carbocycles. The van der Waals surface area contributed by atoms with Crippen LogP contribution in [0.5, 0.6) is 0 Å². The highest BCUT2D eigenvalue weighted by molar-refractivity contribution is 6.17. The maximum atomic E-state index is 11.3. The van der Waals surface area contributed by atoms with Gasteiger partial charge in [-0.3, -0.25) is 4.79 Å². The molecular weight excluding hydrogens is 238 g/mol. The summed E-state index contributed by atoms with van der Waals surface area (Å²) in [6, 6.07) is 5.38. The lowest BCUT2D eigenvalue weighted by Crippen LogP contribution is -2.25. The number of carbonyl (C=O) groups excluding carboxylic acids is 1. The second kappa shape index (κ2) is 4.37. The van der Waals surface area contributed by atoms with Gasteiger partial charge >= 0.3 is 0 Å². The molecule has 0 fully saturated rings. The molecule has 5 heteroatoms. The number of alkyl halides is 1. The molecule has 2 rings (SSSR count). The van der Waals surface area contributed by atoms with Crippen LogP contribution in [-0.4, -0.2) is 15.5 Å². The zero-order chi connectivity index (χ0) is 12.6. The standard InChI is InChI=1S/C12H14ClN3O/c1-7-4-3-5-9-11(7)15-10(6-13)16(9)8(2)12(14)17/h3-5,8H,6H2,1-2H3,(H2,14,17). The summed E-state index contributed by atoms with van der Waals surface area (Å²) in [7, 11) is 0. The molecule has 1 heterocycles. The summed E-state index contributed by atoms with van der Waals surface area (Å²) in [5.74, 6) is 0.533. The Morgan fingerprint density at radius 2 is 2.29 bits per heavy atom. The number of aryl methyl sites for hydroxylation is 1. The van der Waals surface area contributed by atoms with Crippen molar-refractivity contribution in [3.63, 3.8) is 0 Å². The van der Waals surface area contributed by atoms with Crippen LogP contribution in [0.2, 0.25) is 0 Å². The van der Waals surface area contributed by atoms with Crippen LogP contribution in [0.1, 0.15) is 24.4 Å². The smallest absolute Gasteiger partial charge is 0.240 e. The number of hydrogen-bond acceptors (Lipinski definition) is 2. The summed E-state index contributed by atoms with van der Waals surface area (Å²) in [4.78, 5) is 15.8. The monoisotopic (exact) mass is 251 g/mol. The van der Waals surface area contributed by atoms with E-state index in [1.54, 1.807) is 11.5 Å². The van der Waals surface area contributed by atoms with Crippen molar-refractivity contribution in [3.8, 4) is 0 Å².